The van der Waals surface area contributed by atoms with E-state index in [1.54, 1.807) is 24.3 Å². The van der Waals surface area contributed by atoms with Crippen molar-refractivity contribution in [3.8, 4) is 11.5 Å². The molecule has 0 heterocycles. The van der Waals surface area contributed by atoms with E-state index < -0.39 is 12.5 Å². The molecule has 2 aromatic rings. The molecule has 0 aliphatic rings. The van der Waals surface area contributed by atoms with Crippen LogP contribution in [0.1, 0.15) is 0 Å². The maximum atomic E-state index is 5.83. The Kier molecular flexibility index (Phi) is 6.85. The molecule has 25 heavy (non-hydrogen) atoms. The van der Waals surface area contributed by atoms with Crippen LogP contribution >= 0.6 is 0 Å². The second-order valence-electron chi connectivity index (χ2n) is 5.07. The fraction of sp³-hybridized carbons (Fsp3) is 0.111. The highest BCUT2D eigenvalue weighted by Gasteiger charge is 2.14. The Bertz CT molecular complexity index is 643. The Balaban J connectivity index is 1.86. The predicted octanol–water partition coefficient (Wildman–Crippen LogP) is 1.33. The smallest absolute Gasteiger partial charge is 0.151 e. The lowest BCUT2D eigenvalue weighted by atomic mass is 10.3. The molecule has 0 spiro atoms. The van der Waals surface area contributed by atoms with Crippen molar-refractivity contribution in [3.63, 3.8) is 0 Å². The Hall–Kier alpha value is -3.00. The molecule has 0 aliphatic heterocycles. The van der Waals surface area contributed by atoms with Crippen LogP contribution in [0.2, 0.25) is 0 Å². The first kappa shape index (κ1) is 18.3. The molecule has 2 rings (SSSR count). The van der Waals surface area contributed by atoms with Crippen molar-refractivity contribution in [1.29, 1.82) is 0 Å². The molecule has 0 saturated heterocycles. The SMILES string of the molecule is NC(=COc1ccccc1)C(N)OC(N)C(N)=COc1ccccc1. The van der Waals surface area contributed by atoms with Gasteiger partial charge in [-0.25, -0.2) is 0 Å². The fourth-order valence-electron chi connectivity index (χ4n) is 1.72. The van der Waals surface area contributed by atoms with Crippen LogP contribution in [0.4, 0.5) is 0 Å². The van der Waals surface area contributed by atoms with Crippen molar-refractivity contribution < 1.29 is 14.2 Å². The zero-order valence-electron chi connectivity index (χ0n) is 13.6. The summed E-state index contributed by atoms with van der Waals surface area (Å²) in [5.41, 5.74) is 23.6. The van der Waals surface area contributed by atoms with Crippen molar-refractivity contribution in [3.05, 3.63) is 84.6 Å². The Morgan fingerprint density at radius 2 is 1.04 bits per heavy atom. The van der Waals surface area contributed by atoms with Crippen LogP contribution in [0.5, 0.6) is 11.5 Å². The van der Waals surface area contributed by atoms with Crippen LogP contribution in [-0.4, -0.2) is 12.5 Å². The standard InChI is InChI=1S/C18H22N4O3/c19-15(11-23-13-7-3-1-4-8-13)17(21)25-18(22)16(20)12-24-14-9-5-2-6-10-14/h1-12,17-18H,19-22H2. The molecule has 8 N–H and O–H groups in total. The molecule has 0 radical (unpaired) electrons. The van der Waals surface area contributed by atoms with Gasteiger partial charge in [0.05, 0.1) is 11.4 Å². The number of para-hydroxylation sites is 2. The molecule has 2 atom stereocenters. The lowest BCUT2D eigenvalue weighted by Crippen LogP contribution is -2.41. The summed E-state index contributed by atoms with van der Waals surface area (Å²) < 4.78 is 16.1. The van der Waals surface area contributed by atoms with Gasteiger partial charge in [0.15, 0.2) is 12.5 Å². The van der Waals surface area contributed by atoms with Crippen LogP contribution in [0.15, 0.2) is 84.6 Å². The molecule has 2 unspecified atom stereocenters. The molecule has 2 aromatic carbocycles. The molecule has 132 valence electrons. The first-order chi connectivity index (χ1) is 12.1. The van der Waals surface area contributed by atoms with Crippen molar-refractivity contribution in [2.24, 2.45) is 22.9 Å². The van der Waals surface area contributed by atoms with E-state index in [1.165, 1.54) is 12.5 Å². The van der Waals surface area contributed by atoms with E-state index in [0.29, 0.717) is 11.5 Å². The average Bonchev–Trinajstić information content (AvgIpc) is 2.65. The molecule has 0 aromatic heterocycles. The molecule has 0 aliphatic carbocycles. The van der Waals surface area contributed by atoms with Gasteiger partial charge in [-0.2, -0.15) is 0 Å². The maximum absolute atomic E-state index is 5.83. The quantitative estimate of drug-likeness (QED) is 0.420. The second-order valence-corrected chi connectivity index (χ2v) is 5.07. The Morgan fingerprint density at radius 3 is 1.40 bits per heavy atom. The van der Waals surface area contributed by atoms with Gasteiger partial charge in [0.2, 0.25) is 0 Å². The van der Waals surface area contributed by atoms with Crippen molar-refractivity contribution >= 4 is 0 Å². The van der Waals surface area contributed by atoms with E-state index in [1.807, 2.05) is 36.4 Å². The van der Waals surface area contributed by atoms with Crippen LogP contribution in [0.25, 0.3) is 0 Å². The molecule has 7 heteroatoms. The summed E-state index contributed by atoms with van der Waals surface area (Å²) in [5.74, 6) is 1.25. The lowest BCUT2D eigenvalue weighted by molar-refractivity contribution is 0.0318. The Morgan fingerprint density at radius 1 is 0.680 bits per heavy atom. The van der Waals surface area contributed by atoms with Crippen LogP contribution in [0, 0.1) is 0 Å². The van der Waals surface area contributed by atoms with Crippen LogP contribution in [-0.2, 0) is 4.74 Å². The topological polar surface area (TPSA) is 132 Å². The number of hydrogen-bond donors (Lipinski definition) is 4. The minimum Gasteiger partial charge on any atom is -0.463 e. The molecule has 0 fully saturated rings. The molecular formula is C18H22N4O3. The van der Waals surface area contributed by atoms with E-state index in [0.717, 1.165) is 0 Å². The molecule has 0 amide bonds. The van der Waals surface area contributed by atoms with E-state index in [4.69, 9.17) is 37.1 Å². The first-order valence-electron chi connectivity index (χ1n) is 7.57. The monoisotopic (exact) mass is 342 g/mol. The van der Waals surface area contributed by atoms with E-state index in [9.17, 15) is 0 Å². The minimum atomic E-state index is -0.984. The summed E-state index contributed by atoms with van der Waals surface area (Å²) in [6.45, 7) is 0. The number of benzene rings is 2. The van der Waals surface area contributed by atoms with E-state index in [-0.39, 0.29) is 11.4 Å². The summed E-state index contributed by atoms with van der Waals surface area (Å²) >= 11 is 0. The van der Waals surface area contributed by atoms with Crippen molar-refractivity contribution in [2.75, 3.05) is 0 Å². The van der Waals surface area contributed by atoms with Crippen molar-refractivity contribution in [2.45, 2.75) is 12.5 Å². The van der Waals surface area contributed by atoms with Gasteiger partial charge in [-0.15, -0.1) is 0 Å². The predicted molar refractivity (Wildman–Crippen MR) is 95.7 cm³/mol. The van der Waals surface area contributed by atoms with Gasteiger partial charge >= 0.3 is 0 Å². The van der Waals surface area contributed by atoms with Gasteiger partial charge in [-0.1, -0.05) is 36.4 Å². The second kappa shape index (κ2) is 9.33. The highest BCUT2D eigenvalue weighted by molar-refractivity contribution is 5.23. The summed E-state index contributed by atoms with van der Waals surface area (Å²) in [7, 11) is 0. The molecular weight excluding hydrogens is 320 g/mol. The molecule has 0 bridgehead atoms. The largest absolute Gasteiger partial charge is 0.463 e. The van der Waals surface area contributed by atoms with Crippen molar-refractivity contribution in [1.82, 2.24) is 0 Å². The summed E-state index contributed by atoms with van der Waals surface area (Å²) in [4.78, 5) is 0. The first-order valence-corrected chi connectivity index (χ1v) is 7.57. The van der Waals surface area contributed by atoms with Gasteiger partial charge in [0.25, 0.3) is 0 Å². The zero-order chi connectivity index (χ0) is 18.1. The van der Waals surface area contributed by atoms with E-state index >= 15 is 0 Å². The minimum absolute atomic E-state index is 0.163. The Labute approximate surface area is 146 Å². The normalized spacial score (nSPS) is 14.6. The zero-order valence-corrected chi connectivity index (χ0v) is 13.6. The maximum Gasteiger partial charge on any atom is 0.151 e. The van der Waals surface area contributed by atoms with Gasteiger partial charge in [-0.05, 0) is 24.3 Å². The fourth-order valence-corrected chi connectivity index (χ4v) is 1.72. The van der Waals surface area contributed by atoms with Gasteiger partial charge in [0, 0.05) is 0 Å². The number of rotatable bonds is 8. The average molecular weight is 342 g/mol. The summed E-state index contributed by atoms with van der Waals surface area (Å²) in [6.07, 6.45) is 0.630. The molecule has 0 saturated carbocycles. The third-order valence-electron chi connectivity index (χ3n) is 3.10. The summed E-state index contributed by atoms with van der Waals surface area (Å²) in [5, 5.41) is 0. The van der Waals surface area contributed by atoms with Crippen LogP contribution in [0.3, 0.4) is 0 Å². The number of ether oxygens (including phenoxy) is 3. The van der Waals surface area contributed by atoms with Gasteiger partial charge in [-0.3, -0.25) is 0 Å². The van der Waals surface area contributed by atoms with Crippen LogP contribution < -0.4 is 32.4 Å². The van der Waals surface area contributed by atoms with Gasteiger partial charge < -0.3 is 37.1 Å². The summed E-state index contributed by atoms with van der Waals surface area (Å²) in [6, 6.07) is 18.2. The third kappa shape index (κ3) is 6.19. The number of hydrogen-bond acceptors (Lipinski definition) is 7. The highest BCUT2D eigenvalue weighted by Crippen LogP contribution is 2.11. The van der Waals surface area contributed by atoms with Gasteiger partial charge in [0.1, 0.15) is 24.0 Å². The third-order valence-corrected chi connectivity index (χ3v) is 3.10. The number of nitrogens with two attached hydrogens (primary N) is 4. The molecule has 7 nitrogen and oxygen atoms in total. The van der Waals surface area contributed by atoms with E-state index in [2.05, 4.69) is 0 Å². The lowest BCUT2D eigenvalue weighted by Gasteiger charge is -2.19. The highest BCUT2D eigenvalue weighted by atomic mass is 16.5.